The topological polar surface area (TPSA) is 76.7 Å². The number of nitrogens with one attached hydrogen (secondary N) is 2. The van der Waals surface area contributed by atoms with E-state index in [2.05, 4.69) is 10.6 Å². The van der Waals surface area contributed by atoms with E-state index < -0.39 is 0 Å². The molecule has 3 rings (SSSR count). The van der Waals surface area contributed by atoms with Gasteiger partial charge in [-0.2, -0.15) is 0 Å². The van der Waals surface area contributed by atoms with Gasteiger partial charge in [0.1, 0.15) is 12.4 Å². The van der Waals surface area contributed by atoms with Gasteiger partial charge in [-0.25, -0.2) is 0 Å². The summed E-state index contributed by atoms with van der Waals surface area (Å²) in [6.07, 6.45) is 2.23. The van der Waals surface area contributed by atoms with E-state index in [0.717, 1.165) is 19.4 Å². The van der Waals surface area contributed by atoms with Crippen LogP contribution < -0.4 is 15.4 Å². The molecular weight excluding hydrogens is 368 g/mol. The van der Waals surface area contributed by atoms with E-state index in [0.29, 0.717) is 28.6 Å². The van der Waals surface area contributed by atoms with Crippen LogP contribution >= 0.6 is 11.6 Å². The molecule has 1 aliphatic rings. The fourth-order valence-electron chi connectivity index (χ4n) is 2.67. The van der Waals surface area contributed by atoms with Crippen molar-refractivity contribution in [2.75, 3.05) is 25.1 Å². The molecule has 27 heavy (non-hydrogen) atoms. The largest absolute Gasteiger partial charge is 0.491 e. The summed E-state index contributed by atoms with van der Waals surface area (Å²) >= 11 is 5.80. The molecule has 2 N–H and O–H groups in total. The predicted molar refractivity (Wildman–Crippen MR) is 103 cm³/mol. The Bertz CT molecular complexity index is 772. The molecule has 7 heteroatoms. The molecule has 1 heterocycles. The van der Waals surface area contributed by atoms with Gasteiger partial charge >= 0.3 is 0 Å². The third-order valence-corrected chi connectivity index (χ3v) is 4.37. The van der Waals surface area contributed by atoms with Crippen molar-refractivity contribution in [3.8, 4) is 5.75 Å². The van der Waals surface area contributed by atoms with Crippen LogP contribution in [0.25, 0.3) is 0 Å². The highest BCUT2D eigenvalue weighted by molar-refractivity contribution is 6.30. The van der Waals surface area contributed by atoms with Crippen LogP contribution in [0.5, 0.6) is 5.75 Å². The molecule has 0 radical (unpaired) electrons. The van der Waals surface area contributed by atoms with E-state index in [1.165, 1.54) is 0 Å². The van der Waals surface area contributed by atoms with Crippen molar-refractivity contribution in [3.05, 3.63) is 59.1 Å². The van der Waals surface area contributed by atoms with Crippen molar-refractivity contribution in [2.45, 2.75) is 18.9 Å². The third-order valence-electron chi connectivity index (χ3n) is 4.11. The van der Waals surface area contributed by atoms with E-state index in [1.807, 2.05) is 0 Å². The van der Waals surface area contributed by atoms with Crippen LogP contribution in [-0.4, -0.2) is 37.7 Å². The SMILES string of the molecule is O=C(CNC(=O)c1ccc(OCC2CCCO2)cc1)Nc1ccc(Cl)cc1. The summed E-state index contributed by atoms with van der Waals surface area (Å²) in [6.45, 7) is 1.17. The second-order valence-corrected chi connectivity index (χ2v) is 6.64. The molecule has 0 bridgehead atoms. The molecule has 0 spiro atoms. The van der Waals surface area contributed by atoms with Gasteiger partial charge in [-0.3, -0.25) is 9.59 Å². The number of carbonyl (C=O) groups is 2. The summed E-state index contributed by atoms with van der Waals surface area (Å²) in [5.41, 5.74) is 1.07. The lowest BCUT2D eigenvalue weighted by Crippen LogP contribution is -2.32. The van der Waals surface area contributed by atoms with Crippen LogP contribution in [0, 0.1) is 0 Å². The molecule has 2 amide bonds. The molecule has 1 atom stereocenters. The predicted octanol–water partition coefficient (Wildman–Crippen LogP) is 3.27. The summed E-state index contributed by atoms with van der Waals surface area (Å²) < 4.78 is 11.2. The highest BCUT2D eigenvalue weighted by atomic mass is 35.5. The summed E-state index contributed by atoms with van der Waals surface area (Å²) in [7, 11) is 0. The van der Waals surface area contributed by atoms with Gasteiger partial charge in [-0.1, -0.05) is 11.6 Å². The summed E-state index contributed by atoms with van der Waals surface area (Å²) in [5, 5.41) is 5.86. The summed E-state index contributed by atoms with van der Waals surface area (Å²) in [6, 6.07) is 13.5. The van der Waals surface area contributed by atoms with E-state index in [9.17, 15) is 9.59 Å². The van der Waals surface area contributed by atoms with E-state index in [4.69, 9.17) is 21.1 Å². The van der Waals surface area contributed by atoms with Gasteiger partial charge in [0.15, 0.2) is 0 Å². The molecule has 0 aromatic heterocycles. The number of ether oxygens (including phenoxy) is 2. The zero-order valence-corrected chi connectivity index (χ0v) is 15.5. The smallest absolute Gasteiger partial charge is 0.251 e. The molecule has 1 aliphatic heterocycles. The first-order valence-electron chi connectivity index (χ1n) is 8.78. The van der Waals surface area contributed by atoms with Gasteiger partial charge < -0.3 is 20.1 Å². The first-order valence-corrected chi connectivity index (χ1v) is 9.16. The summed E-state index contributed by atoms with van der Waals surface area (Å²) in [5.74, 6) is 0.0386. The van der Waals surface area contributed by atoms with Crippen LogP contribution in [0.15, 0.2) is 48.5 Å². The van der Waals surface area contributed by atoms with E-state index in [1.54, 1.807) is 48.5 Å². The van der Waals surface area contributed by atoms with Crippen LogP contribution in [0.4, 0.5) is 5.69 Å². The normalized spacial score (nSPS) is 16.0. The molecule has 1 fully saturated rings. The number of anilines is 1. The minimum Gasteiger partial charge on any atom is -0.491 e. The zero-order valence-electron chi connectivity index (χ0n) is 14.7. The fourth-order valence-corrected chi connectivity index (χ4v) is 2.79. The number of hydrogen-bond donors (Lipinski definition) is 2. The highest BCUT2D eigenvalue weighted by Gasteiger charge is 2.16. The van der Waals surface area contributed by atoms with Gasteiger partial charge in [0.2, 0.25) is 5.91 Å². The number of halogens is 1. The number of amides is 2. The Morgan fingerprint density at radius 1 is 1.11 bits per heavy atom. The molecule has 6 nitrogen and oxygen atoms in total. The molecule has 1 unspecified atom stereocenters. The van der Waals surface area contributed by atoms with Crippen LogP contribution in [-0.2, 0) is 9.53 Å². The van der Waals surface area contributed by atoms with Crippen molar-refractivity contribution < 1.29 is 19.1 Å². The first-order chi connectivity index (χ1) is 13.1. The third kappa shape index (κ3) is 5.98. The number of carbonyl (C=O) groups excluding carboxylic acids is 2. The van der Waals surface area contributed by atoms with Gasteiger partial charge in [-0.05, 0) is 61.4 Å². The maximum atomic E-state index is 12.2. The Morgan fingerprint density at radius 3 is 2.52 bits per heavy atom. The van der Waals surface area contributed by atoms with Crippen molar-refractivity contribution in [1.82, 2.24) is 5.32 Å². The average Bonchev–Trinajstić information content (AvgIpc) is 3.20. The quantitative estimate of drug-likeness (QED) is 0.763. The Morgan fingerprint density at radius 2 is 1.85 bits per heavy atom. The second kappa shape index (κ2) is 9.39. The molecule has 2 aromatic carbocycles. The van der Waals surface area contributed by atoms with Crippen molar-refractivity contribution in [2.24, 2.45) is 0 Å². The van der Waals surface area contributed by atoms with Crippen LogP contribution in [0.3, 0.4) is 0 Å². The maximum Gasteiger partial charge on any atom is 0.251 e. The number of rotatable bonds is 7. The van der Waals surface area contributed by atoms with Gasteiger partial charge in [0.25, 0.3) is 5.91 Å². The van der Waals surface area contributed by atoms with Gasteiger partial charge in [0, 0.05) is 22.9 Å². The Balaban J connectivity index is 1.43. The minimum atomic E-state index is -0.327. The Labute approximate surface area is 162 Å². The minimum absolute atomic E-state index is 0.126. The van der Waals surface area contributed by atoms with Crippen molar-refractivity contribution >= 4 is 29.1 Å². The van der Waals surface area contributed by atoms with Crippen molar-refractivity contribution in [3.63, 3.8) is 0 Å². The molecule has 0 saturated carbocycles. The average molecular weight is 389 g/mol. The first kappa shape index (κ1) is 19.2. The molecule has 2 aromatic rings. The number of hydrogen-bond acceptors (Lipinski definition) is 4. The Hall–Kier alpha value is -2.57. The molecular formula is C20H21ClN2O4. The monoisotopic (exact) mass is 388 g/mol. The van der Waals surface area contributed by atoms with E-state index in [-0.39, 0.29) is 24.5 Å². The second-order valence-electron chi connectivity index (χ2n) is 6.21. The lowest BCUT2D eigenvalue weighted by Gasteiger charge is -2.12. The lowest BCUT2D eigenvalue weighted by atomic mass is 10.2. The Kier molecular flexibility index (Phi) is 6.68. The van der Waals surface area contributed by atoms with E-state index >= 15 is 0 Å². The maximum absolute atomic E-state index is 12.2. The highest BCUT2D eigenvalue weighted by Crippen LogP contribution is 2.17. The lowest BCUT2D eigenvalue weighted by molar-refractivity contribution is -0.115. The van der Waals surface area contributed by atoms with Crippen molar-refractivity contribution in [1.29, 1.82) is 0 Å². The zero-order chi connectivity index (χ0) is 19.1. The molecule has 0 aliphatic carbocycles. The molecule has 1 saturated heterocycles. The van der Waals surface area contributed by atoms with Crippen LogP contribution in [0.1, 0.15) is 23.2 Å². The standard InChI is InChI=1S/C20H21ClN2O4/c21-15-5-7-16(8-6-15)23-19(24)12-22-20(25)14-3-9-17(10-4-14)27-13-18-2-1-11-26-18/h3-10,18H,1-2,11-13H2,(H,22,25)(H,23,24). The van der Waals surface area contributed by atoms with Gasteiger partial charge in [-0.15, -0.1) is 0 Å². The summed E-state index contributed by atoms with van der Waals surface area (Å²) in [4.78, 5) is 24.1. The van der Waals surface area contributed by atoms with Crippen LogP contribution in [0.2, 0.25) is 5.02 Å². The number of benzene rings is 2. The van der Waals surface area contributed by atoms with Gasteiger partial charge in [0.05, 0.1) is 12.6 Å². The molecule has 142 valence electrons. The fraction of sp³-hybridized carbons (Fsp3) is 0.300.